The van der Waals surface area contributed by atoms with Gasteiger partial charge in [0.05, 0.1) is 11.5 Å². The molecule has 0 radical (unpaired) electrons. The molecule has 0 aliphatic heterocycles. The molecule has 1 N–H and O–H groups in total. The van der Waals surface area contributed by atoms with E-state index in [1.807, 2.05) is 58.0 Å². The molecule has 0 saturated heterocycles. The van der Waals surface area contributed by atoms with Crippen molar-refractivity contribution in [1.29, 1.82) is 0 Å². The predicted octanol–water partition coefficient (Wildman–Crippen LogP) is 2.42. The Morgan fingerprint density at radius 1 is 1.25 bits per heavy atom. The van der Waals surface area contributed by atoms with Gasteiger partial charge in [-0.25, -0.2) is 5.48 Å². The number of hydrogen-bond acceptors (Lipinski definition) is 2. The molecular weight excluding hydrogens is 202 g/mol. The topological polar surface area (TPSA) is 38.3 Å². The second-order valence-corrected chi connectivity index (χ2v) is 4.59. The molecular formula is C13H19NO2. The first-order valence-corrected chi connectivity index (χ1v) is 5.46. The second kappa shape index (κ2) is 5.12. The minimum Gasteiger partial charge on any atom is -0.272 e. The summed E-state index contributed by atoms with van der Waals surface area (Å²) in [4.78, 5) is 17.0. The summed E-state index contributed by atoms with van der Waals surface area (Å²) in [6.45, 7) is 7.49. The van der Waals surface area contributed by atoms with Crippen LogP contribution in [0.15, 0.2) is 30.3 Å². The van der Waals surface area contributed by atoms with Crippen LogP contribution in [0, 0.1) is 0 Å². The highest BCUT2D eigenvalue weighted by atomic mass is 16.7. The van der Waals surface area contributed by atoms with Crippen molar-refractivity contribution >= 4 is 5.91 Å². The number of carbonyl (C=O) groups is 1. The zero-order valence-corrected chi connectivity index (χ0v) is 10.3. The lowest BCUT2D eigenvalue weighted by Gasteiger charge is -2.24. The minimum absolute atomic E-state index is 0.0180. The molecule has 0 bridgehead atoms. The van der Waals surface area contributed by atoms with Crippen LogP contribution in [0.3, 0.4) is 0 Å². The van der Waals surface area contributed by atoms with Gasteiger partial charge in [0.2, 0.25) is 0 Å². The van der Waals surface area contributed by atoms with Crippen LogP contribution in [0.4, 0.5) is 0 Å². The molecule has 1 rings (SSSR count). The highest BCUT2D eigenvalue weighted by Crippen LogP contribution is 2.22. The van der Waals surface area contributed by atoms with Gasteiger partial charge < -0.3 is 0 Å². The Balaban J connectivity index is 2.74. The van der Waals surface area contributed by atoms with Crippen molar-refractivity contribution in [2.24, 2.45) is 0 Å². The van der Waals surface area contributed by atoms with Crippen LogP contribution >= 0.6 is 0 Å². The molecule has 0 aliphatic rings. The van der Waals surface area contributed by atoms with Gasteiger partial charge in [0.1, 0.15) is 0 Å². The molecule has 0 unspecified atom stereocenters. The third kappa shape index (κ3) is 3.07. The van der Waals surface area contributed by atoms with E-state index in [1.54, 1.807) is 0 Å². The van der Waals surface area contributed by atoms with Crippen LogP contribution in [0.1, 0.15) is 33.3 Å². The van der Waals surface area contributed by atoms with E-state index in [-0.39, 0.29) is 12.0 Å². The fourth-order valence-electron chi connectivity index (χ4n) is 1.28. The fourth-order valence-corrected chi connectivity index (χ4v) is 1.28. The molecule has 0 fully saturated rings. The molecule has 1 aromatic carbocycles. The second-order valence-electron chi connectivity index (χ2n) is 4.59. The van der Waals surface area contributed by atoms with Crippen LogP contribution in [0.25, 0.3) is 0 Å². The van der Waals surface area contributed by atoms with E-state index in [0.29, 0.717) is 0 Å². The molecule has 3 heteroatoms. The molecule has 1 aromatic rings. The first kappa shape index (κ1) is 12.7. The van der Waals surface area contributed by atoms with Crippen molar-refractivity contribution in [3.8, 4) is 0 Å². The fraction of sp³-hybridized carbons (Fsp3) is 0.462. The summed E-state index contributed by atoms with van der Waals surface area (Å²) in [6.07, 6.45) is -0.0180. The molecule has 1 amide bonds. The van der Waals surface area contributed by atoms with E-state index in [9.17, 15) is 4.79 Å². The quantitative estimate of drug-likeness (QED) is 0.793. The van der Waals surface area contributed by atoms with Crippen molar-refractivity contribution < 1.29 is 9.63 Å². The average molecular weight is 221 g/mol. The van der Waals surface area contributed by atoms with Crippen LogP contribution in [0.5, 0.6) is 0 Å². The Morgan fingerprint density at radius 3 is 2.31 bits per heavy atom. The van der Waals surface area contributed by atoms with E-state index in [0.717, 1.165) is 5.56 Å². The van der Waals surface area contributed by atoms with Gasteiger partial charge in [-0.05, 0) is 33.3 Å². The highest BCUT2D eigenvalue weighted by molar-refractivity contribution is 5.86. The first-order valence-electron chi connectivity index (χ1n) is 5.46. The van der Waals surface area contributed by atoms with Gasteiger partial charge in [-0.15, -0.1) is 0 Å². The standard InChI is InChI=1S/C13H19NO2/c1-10(2)16-14-12(15)13(3,4)11-8-6-5-7-9-11/h5-10H,1-4H3,(H,14,15). The maximum absolute atomic E-state index is 11.9. The van der Waals surface area contributed by atoms with Gasteiger partial charge in [0, 0.05) is 0 Å². The van der Waals surface area contributed by atoms with Crippen LogP contribution in [-0.4, -0.2) is 12.0 Å². The van der Waals surface area contributed by atoms with Crippen molar-refractivity contribution in [3.05, 3.63) is 35.9 Å². The van der Waals surface area contributed by atoms with Crippen molar-refractivity contribution in [2.75, 3.05) is 0 Å². The van der Waals surface area contributed by atoms with Gasteiger partial charge in [-0.2, -0.15) is 0 Å². The molecule has 3 nitrogen and oxygen atoms in total. The Bertz CT molecular complexity index is 344. The molecule has 0 aliphatic carbocycles. The molecule has 0 heterocycles. The van der Waals surface area contributed by atoms with Crippen molar-refractivity contribution in [2.45, 2.75) is 39.2 Å². The van der Waals surface area contributed by atoms with Gasteiger partial charge in [0.25, 0.3) is 5.91 Å². The smallest absolute Gasteiger partial charge is 0.253 e. The summed E-state index contributed by atoms with van der Waals surface area (Å²) >= 11 is 0. The maximum Gasteiger partial charge on any atom is 0.253 e. The summed E-state index contributed by atoms with van der Waals surface area (Å²) in [5, 5.41) is 0. The van der Waals surface area contributed by atoms with Crippen molar-refractivity contribution in [3.63, 3.8) is 0 Å². The summed E-state index contributed by atoms with van der Waals surface area (Å²) in [5.74, 6) is -0.132. The number of nitrogens with one attached hydrogen (secondary N) is 1. The van der Waals surface area contributed by atoms with E-state index in [4.69, 9.17) is 4.84 Å². The number of carbonyl (C=O) groups excluding carboxylic acids is 1. The summed E-state index contributed by atoms with van der Waals surface area (Å²) in [6, 6.07) is 9.66. The summed E-state index contributed by atoms with van der Waals surface area (Å²) in [7, 11) is 0. The van der Waals surface area contributed by atoms with E-state index >= 15 is 0 Å². The Hall–Kier alpha value is -1.35. The Labute approximate surface area is 96.8 Å². The van der Waals surface area contributed by atoms with Crippen LogP contribution in [0.2, 0.25) is 0 Å². The van der Waals surface area contributed by atoms with E-state index < -0.39 is 5.41 Å². The monoisotopic (exact) mass is 221 g/mol. The number of hydroxylamine groups is 1. The molecule has 0 aromatic heterocycles. The van der Waals surface area contributed by atoms with Gasteiger partial charge in [-0.3, -0.25) is 9.63 Å². The number of amides is 1. The lowest BCUT2D eigenvalue weighted by atomic mass is 9.84. The van der Waals surface area contributed by atoms with E-state index in [1.165, 1.54) is 0 Å². The largest absolute Gasteiger partial charge is 0.272 e. The van der Waals surface area contributed by atoms with Crippen LogP contribution in [-0.2, 0) is 15.0 Å². The SMILES string of the molecule is CC(C)ONC(=O)C(C)(C)c1ccccc1. The maximum atomic E-state index is 11.9. The zero-order valence-electron chi connectivity index (χ0n) is 10.3. The third-order valence-corrected chi connectivity index (χ3v) is 2.45. The highest BCUT2D eigenvalue weighted by Gasteiger charge is 2.29. The molecule has 0 saturated carbocycles. The summed E-state index contributed by atoms with van der Waals surface area (Å²) in [5.41, 5.74) is 2.87. The minimum atomic E-state index is -0.587. The van der Waals surface area contributed by atoms with Crippen molar-refractivity contribution in [1.82, 2.24) is 5.48 Å². The lowest BCUT2D eigenvalue weighted by molar-refractivity contribution is -0.141. The first-order chi connectivity index (χ1) is 7.44. The predicted molar refractivity (Wildman–Crippen MR) is 63.8 cm³/mol. The number of rotatable bonds is 4. The number of hydrogen-bond donors (Lipinski definition) is 1. The van der Waals surface area contributed by atoms with Gasteiger partial charge >= 0.3 is 0 Å². The van der Waals surface area contributed by atoms with Gasteiger partial charge in [0.15, 0.2) is 0 Å². The third-order valence-electron chi connectivity index (χ3n) is 2.45. The lowest BCUT2D eigenvalue weighted by Crippen LogP contribution is -2.41. The molecule has 0 spiro atoms. The number of benzene rings is 1. The summed E-state index contributed by atoms with van der Waals surface area (Å²) < 4.78 is 0. The van der Waals surface area contributed by atoms with E-state index in [2.05, 4.69) is 5.48 Å². The van der Waals surface area contributed by atoms with Gasteiger partial charge in [-0.1, -0.05) is 30.3 Å². The normalized spacial score (nSPS) is 11.6. The molecule has 0 atom stereocenters. The Kier molecular flexibility index (Phi) is 4.07. The molecule has 88 valence electrons. The Morgan fingerprint density at radius 2 is 1.81 bits per heavy atom. The zero-order chi connectivity index (χ0) is 12.2. The average Bonchev–Trinajstić information content (AvgIpc) is 2.27. The molecule has 16 heavy (non-hydrogen) atoms. The van der Waals surface area contributed by atoms with Crippen LogP contribution < -0.4 is 5.48 Å².